The third-order valence-corrected chi connectivity index (χ3v) is 6.60. The lowest BCUT2D eigenvalue weighted by Gasteiger charge is -2.47. The standard InChI is InChI=1S/C21H22ClN3O3S/c22-13-5-3-6-14(11-13)23-19(26)12-17-20(27)24-15-7-1-2-8-16(15)25(17)21(28)18-9-4-10-29-18/h3-6,9-11,15-17H,1-2,7-8,12H2,(H,23,26)(H,24,27)/t15-,16+,17-/m1/s1. The molecule has 0 radical (unpaired) electrons. The first-order valence-electron chi connectivity index (χ1n) is 9.75. The van der Waals surface area contributed by atoms with Crippen molar-refractivity contribution in [3.63, 3.8) is 0 Å². The Morgan fingerprint density at radius 3 is 2.79 bits per heavy atom. The zero-order chi connectivity index (χ0) is 20.4. The number of carbonyl (C=O) groups excluding carboxylic acids is 3. The molecule has 1 saturated carbocycles. The number of nitrogens with one attached hydrogen (secondary N) is 2. The van der Waals surface area contributed by atoms with Crippen molar-refractivity contribution in [2.24, 2.45) is 0 Å². The Morgan fingerprint density at radius 1 is 1.21 bits per heavy atom. The number of piperazine rings is 1. The first-order chi connectivity index (χ1) is 14.0. The van der Waals surface area contributed by atoms with Gasteiger partial charge < -0.3 is 15.5 Å². The van der Waals surface area contributed by atoms with Crippen LogP contribution in [0.3, 0.4) is 0 Å². The summed E-state index contributed by atoms with van der Waals surface area (Å²) in [6, 6.07) is 9.46. The molecule has 2 aliphatic rings. The molecule has 1 aliphatic carbocycles. The van der Waals surface area contributed by atoms with Gasteiger partial charge in [-0.05, 0) is 42.5 Å². The molecule has 2 N–H and O–H groups in total. The van der Waals surface area contributed by atoms with Gasteiger partial charge >= 0.3 is 0 Å². The molecule has 29 heavy (non-hydrogen) atoms. The molecule has 0 bridgehead atoms. The van der Waals surface area contributed by atoms with Crippen molar-refractivity contribution in [2.45, 2.75) is 50.2 Å². The van der Waals surface area contributed by atoms with Crippen LogP contribution in [0.4, 0.5) is 5.69 Å². The van der Waals surface area contributed by atoms with E-state index in [1.165, 1.54) is 11.3 Å². The monoisotopic (exact) mass is 431 g/mol. The van der Waals surface area contributed by atoms with Gasteiger partial charge in [-0.15, -0.1) is 11.3 Å². The molecule has 3 amide bonds. The highest BCUT2D eigenvalue weighted by atomic mass is 35.5. The van der Waals surface area contributed by atoms with E-state index >= 15 is 0 Å². The summed E-state index contributed by atoms with van der Waals surface area (Å²) in [7, 11) is 0. The Morgan fingerprint density at radius 2 is 2.03 bits per heavy atom. The third kappa shape index (κ3) is 4.31. The van der Waals surface area contributed by atoms with Crippen LogP contribution < -0.4 is 10.6 Å². The SMILES string of the molecule is O=C(C[C@@H]1C(=O)N[C@@H]2CCCC[C@@H]2N1C(=O)c1cccs1)Nc1cccc(Cl)c1. The highest BCUT2D eigenvalue weighted by Crippen LogP contribution is 2.31. The lowest BCUT2D eigenvalue weighted by Crippen LogP contribution is -2.67. The summed E-state index contributed by atoms with van der Waals surface area (Å²) in [4.78, 5) is 41.1. The van der Waals surface area contributed by atoms with Gasteiger partial charge in [-0.2, -0.15) is 0 Å². The summed E-state index contributed by atoms with van der Waals surface area (Å²) in [5, 5.41) is 8.18. The Bertz CT molecular complexity index is 918. The van der Waals surface area contributed by atoms with Crippen LogP contribution in [0.1, 0.15) is 41.8 Å². The second kappa shape index (κ2) is 8.55. The number of fused-ring (bicyclic) bond motifs is 1. The van der Waals surface area contributed by atoms with Gasteiger partial charge in [0.1, 0.15) is 6.04 Å². The molecule has 6 nitrogen and oxygen atoms in total. The van der Waals surface area contributed by atoms with Gasteiger partial charge in [0.15, 0.2) is 0 Å². The Balaban J connectivity index is 1.57. The van der Waals surface area contributed by atoms with Crippen LogP contribution in [0.2, 0.25) is 5.02 Å². The van der Waals surface area contributed by atoms with E-state index in [-0.39, 0.29) is 36.2 Å². The molecule has 1 aromatic carbocycles. The van der Waals surface area contributed by atoms with E-state index in [0.29, 0.717) is 15.6 Å². The number of thiophene rings is 1. The summed E-state index contributed by atoms with van der Waals surface area (Å²) in [6.07, 6.45) is 3.62. The number of halogens is 1. The van der Waals surface area contributed by atoms with E-state index in [1.807, 2.05) is 11.4 Å². The second-order valence-corrected chi connectivity index (χ2v) is 8.82. The van der Waals surface area contributed by atoms with Crippen LogP contribution in [0.5, 0.6) is 0 Å². The van der Waals surface area contributed by atoms with Crippen LogP contribution in [0.25, 0.3) is 0 Å². The fourth-order valence-electron chi connectivity index (χ4n) is 4.21. The number of hydrogen-bond donors (Lipinski definition) is 2. The Hall–Kier alpha value is -2.38. The number of anilines is 1. The smallest absolute Gasteiger partial charge is 0.264 e. The summed E-state index contributed by atoms with van der Waals surface area (Å²) in [5.74, 6) is -0.766. The summed E-state index contributed by atoms with van der Waals surface area (Å²) < 4.78 is 0. The molecule has 2 heterocycles. The van der Waals surface area contributed by atoms with Gasteiger partial charge in [0, 0.05) is 16.8 Å². The van der Waals surface area contributed by atoms with E-state index in [2.05, 4.69) is 10.6 Å². The summed E-state index contributed by atoms with van der Waals surface area (Å²) in [6.45, 7) is 0. The van der Waals surface area contributed by atoms with E-state index in [4.69, 9.17) is 11.6 Å². The van der Waals surface area contributed by atoms with Crippen molar-refractivity contribution in [1.82, 2.24) is 10.2 Å². The highest BCUT2D eigenvalue weighted by Gasteiger charge is 2.46. The van der Waals surface area contributed by atoms with E-state index < -0.39 is 6.04 Å². The van der Waals surface area contributed by atoms with Crippen molar-refractivity contribution < 1.29 is 14.4 Å². The minimum absolute atomic E-state index is 0.0487. The van der Waals surface area contributed by atoms with E-state index in [0.717, 1.165) is 25.7 Å². The van der Waals surface area contributed by atoms with Gasteiger partial charge in [0.25, 0.3) is 5.91 Å². The summed E-state index contributed by atoms with van der Waals surface area (Å²) >= 11 is 7.33. The number of benzene rings is 1. The topological polar surface area (TPSA) is 78.5 Å². The average molecular weight is 432 g/mol. The molecule has 4 rings (SSSR count). The van der Waals surface area contributed by atoms with Crippen molar-refractivity contribution >= 4 is 46.3 Å². The minimum atomic E-state index is -0.830. The molecule has 3 atom stereocenters. The molecule has 1 saturated heterocycles. The number of hydrogen-bond acceptors (Lipinski definition) is 4. The fourth-order valence-corrected chi connectivity index (χ4v) is 5.07. The molecule has 2 aromatic rings. The number of carbonyl (C=O) groups is 3. The predicted octanol–water partition coefficient (Wildman–Crippen LogP) is 3.68. The summed E-state index contributed by atoms with van der Waals surface area (Å²) in [5.41, 5.74) is 0.561. The van der Waals surface area contributed by atoms with E-state index in [9.17, 15) is 14.4 Å². The van der Waals surface area contributed by atoms with Crippen LogP contribution >= 0.6 is 22.9 Å². The fraction of sp³-hybridized carbons (Fsp3) is 0.381. The zero-order valence-electron chi connectivity index (χ0n) is 15.8. The largest absolute Gasteiger partial charge is 0.349 e. The van der Waals surface area contributed by atoms with Crippen molar-refractivity contribution in [3.05, 3.63) is 51.7 Å². The molecule has 2 fully saturated rings. The van der Waals surface area contributed by atoms with Gasteiger partial charge in [0.05, 0.1) is 17.3 Å². The molecule has 8 heteroatoms. The first kappa shape index (κ1) is 19.9. The second-order valence-electron chi connectivity index (χ2n) is 7.44. The lowest BCUT2D eigenvalue weighted by atomic mass is 9.85. The maximum absolute atomic E-state index is 13.3. The van der Waals surface area contributed by atoms with Gasteiger partial charge in [-0.25, -0.2) is 0 Å². The average Bonchev–Trinajstić information content (AvgIpc) is 3.23. The van der Waals surface area contributed by atoms with Gasteiger partial charge in [0.2, 0.25) is 11.8 Å². The quantitative estimate of drug-likeness (QED) is 0.775. The van der Waals surface area contributed by atoms with Crippen molar-refractivity contribution in [2.75, 3.05) is 5.32 Å². The molecular weight excluding hydrogens is 410 g/mol. The predicted molar refractivity (Wildman–Crippen MR) is 113 cm³/mol. The Kier molecular flexibility index (Phi) is 5.87. The minimum Gasteiger partial charge on any atom is -0.349 e. The number of rotatable bonds is 4. The van der Waals surface area contributed by atoms with Crippen LogP contribution in [0, 0.1) is 0 Å². The van der Waals surface area contributed by atoms with Crippen molar-refractivity contribution in [3.8, 4) is 0 Å². The van der Waals surface area contributed by atoms with Crippen LogP contribution in [0.15, 0.2) is 41.8 Å². The number of amides is 3. The van der Waals surface area contributed by atoms with E-state index in [1.54, 1.807) is 35.2 Å². The van der Waals surface area contributed by atoms with Crippen LogP contribution in [-0.2, 0) is 9.59 Å². The normalized spacial score (nSPS) is 23.8. The lowest BCUT2D eigenvalue weighted by molar-refractivity contribution is -0.135. The molecule has 1 aliphatic heterocycles. The molecule has 152 valence electrons. The maximum atomic E-state index is 13.3. The van der Waals surface area contributed by atoms with Gasteiger partial charge in [-0.1, -0.05) is 36.6 Å². The highest BCUT2D eigenvalue weighted by molar-refractivity contribution is 7.12. The van der Waals surface area contributed by atoms with Crippen molar-refractivity contribution in [1.29, 1.82) is 0 Å². The first-order valence-corrected chi connectivity index (χ1v) is 11.0. The molecular formula is C21H22ClN3O3S. The number of nitrogens with zero attached hydrogens (tertiary/aromatic N) is 1. The third-order valence-electron chi connectivity index (χ3n) is 5.51. The zero-order valence-corrected chi connectivity index (χ0v) is 17.3. The Labute approximate surface area is 178 Å². The molecule has 0 unspecified atom stereocenters. The van der Waals surface area contributed by atoms with Crippen LogP contribution in [-0.4, -0.2) is 40.7 Å². The van der Waals surface area contributed by atoms with Gasteiger partial charge in [-0.3, -0.25) is 14.4 Å². The molecule has 1 aromatic heterocycles. The maximum Gasteiger partial charge on any atom is 0.264 e. The molecule has 0 spiro atoms.